The summed E-state index contributed by atoms with van der Waals surface area (Å²) in [5.74, 6) is 0.745. The molecule has 0 spiro atoms. The summed E-state index contributed by atoms with van der Waals surface area (Å²) in [7, 11) is 0. The molecule has 1 aliphatic rings. The van der Waals surface area contributed by atoms with Crippen LogP contribution in [-0.2, 0) is 0 Å². The second-order valence-electron chi connectivity index (χ2n) is 7.81. The van der Waals surface area contributed by atoms with E-state index in [1.54, 1.807) is 18.3 Å². The van der Waals surface area contributed by atoms with Gasteiger partial charge in [0.15, 0.2) is 0 Å². The maximum absolute atomic E-state index is 13.3. The number of piperazine rings is 1. The Morgan fingerprint density at radius 2 is 1.97 bits per heavy atom. The number of hydrogen-bond donors (Lipinski definition) is 3. The third-order valence-electron chi connectivity index (χ3n) is 5.74. The Hall–Kier alpha value is -3.97. The molecule has 0 radical (unpaired) electrons. The van der Waals surface area contributed by atoms with Crippen molar-refractivity contribution in [3.8, 4) is 11.3 Å². The fourth-order valence-corrected chi connectivity index (χ4v) is 4.04. The summed E-state index contributed by atoms with van der Waals surface area (Å²) in [5.41, 5.74) is 9.68. The average Bonchev–Trinajstić information content (AvgIpc) is 3.40. The standard InChI is InChI=1S/C25H24N6O.3H2/c26-25-19(14-18(15-29-25)20-9-5-11-27-20)24(32)21-8-4-10-23(30-21)31-13-12-28-22(16-31)17-6-2-1-3-7-17;;;/h1-11,14-15,22,27-28H,12-13,16H2,(H2,26,29);3*1H. The van der Waals surface area contributed by atoms with E-state index in [9.17, 15) is 4.79 Å². The van der Waals surface area contributed by atoms with Crippen LogP contribution in [0, 0.1) is 0 Å². The van der Waals surface area contributed by atoms with Crippen LogP contribution in [0.15, 0.2) is 79.1 Å². The average molecular weight is 431 g/mol. The minimum absolute atomic E-state index is 0. The number of nitrogens with two attached hydrogens (primary N) is 1. The lowest BCUT2D eigenvalue weighted by atomic mass is 10.0. The third-order valence-corrected chi connectivity index (χ3v) is 5.74. The van der Waals surface area contributed by atoms with Gasteiger partial charge in [0.1, 0.15) is 17.3 Å². The van der Waals surface area contributed by atoms with Gasteiger partial charge in [-0.25, -0.2) is 9.97 Å². The number of aromatic amines is 1. The maximum atomic E-state index is 13.3. The third kappa shape index (κ3) is 3.98. The number of nitrogen functional groups attached to an aromatic ring is 1. The van der Waals surface area contributed by atoms with E-state index in [1.807, 2.05) is 48.7 Å². The van der Waals surface area contributed by atoms with Crippen LogP contribution in [0.5, 0.6) is 0 Å². The van der Waals surface area contributed by atoms with Crippen molar-refractivity contribution in [1.82, 2.24) is 20.3 Å². The first-order chi connectivity index (χ1) is 15.7. The molecule has 1 fully saturated rings. The molecule has 166 valence electrons. The molecule has 4 heterocycles. The number of aromatic nitrogens is 3. The van der Waals surface area contributed by atoms with Gasteiger partial charge in [0, 0.05) is 53.6 Å². The molecule has 1 unspecified atom stereocenters. The molecule has 4 aromatic rings. The van der Waals surface area contributed by atoms with Crippen molar-refractivity contribution in [2.75, 3.05) is 30.3 Å². The molecule has 1 aromatic carbocycles. The lowest BCUT2D eigenvalue weighted by molar-refractivity contribution is 0.103. The number of benzene rings is 1. The molecule has 4 N–H and O–H groups in total. The molecule has 0 aliphatic carbocycles. The Labute approximate surface area is 190 Å². The maximum Gasteiger partial charge on any atom is 0.215 e. The van der Waals surface area contributed by atoms with Crippen LogP contribution in [0.25, 0.3) is 11.3 Å². The zero-order valence-corrected chi connectivity index (χ0v) is 17.5. The zero-order chi connectivity index (χ0) is 21.9. The second kappa shape index (κ2) is 8.64. The first-order valence-electron chi connectivity index (χ1n) is 10.6. The molecule has 1 atom stereocenters. The van der Waals surface area contributed by atoms with E-state index in [0.717, 1.165) is 36.7 Å². The molecule has 0 bridgehead atoms. The highest BCUT2D eigenvalue weighted by Gasteiger charge is 2.23. The van der Waals surface area contributed by atoms with Crippen LogP contribution in [0.3, 0.4) is 0 Å². The second-order valence-corrected chi connectivity index (χ2v) is 7.81. The van der Waals surface area contributed by atoms with Crippen molar-refractivity contribution in [3.05, 3.63) is 95.9 Å². The Bertz CT molecular complexity index is 1240. The first-order valence-corrected chi connectivity index (χ1v) is 10.6. The smallest absolute Gasteiger partial charge is 0.215 e. The highest BCUT2D eigenvalue weighted by atomic mass is 16.1. The Balaban J connectivity index is 0.00000144. The van der Waals surface area contributed by atoms with Gasteiger partial charge in [0.05, 0.1) is 5.56 Å². The van der Waals surface area contributed by atoms with E-state index >= 15 is 0 Å². The predicted molar refractivity (Wildman–Crippen MR) is 132 cm³/mol. The SMILES string of the molecule is Nc1ncc(-c2ccc[nH]2)cc1C(=O)c1cccc(N2CCNC(c3ccccc3)C2)n1.[HH].[HH].[HH]. The summed E-state index contributed by atoms with van der Waals surface area (Å²) in [6, 6.07) is 21.7. The summed E-state index contributed by atoms with van der Waals surface area (Å²) >= 11 is 0. The van der Waals surface area contributed by atoms with Crippen molar-refractivity contribution in [2.24, 2.45) is 0 Å². The fraction of sp³-hybridized carbons (Fsp3) is 0.160. The van der Waals surface area contributed by atoms with Crippen molar-refractivity contribution in [1.29, 1.82) is 0 Å². The van der Waals surface area contributed by atoms with Crippen LogP contribution >= 0.6 is 0 Å². The Morgan fingerprint density at radius 3 is 2.78 bits per heavy atom. The van der Waals surface area contributed by atoms with Crippen LogP contribution < -0.4 is 16.0 Å². The highest BCUT2D eigenvalue weighted by Crippen LogP contribution is 2.24. The number of carbonyl (C=O) groups is 1. The number of nitrogens with zero attached hydrogens (tertiary/aromatic N) is 3. The molecule has 0 saturated carbocycles. The lowest BCUT2D eigenvalue weighted by Crippen LogP contribution is -2.46. The van der Waals surface area contributed by atoms with Gasteiger partial charge in [-0.2, -0.15) is 0 Å². The van der Waals surface area contributed by atoms with Crippen molar-refractivity contribution < 1.29 is 9.07 Å². The number of carbonyl (C=O) groups excluding carboxylic acids is 1. The quantitative estimate of drug-likeness (QED) is 0.411. The van der Waals surface area contributed by atoms with E-state index in [1.165, 1.54) is 5.56 Å². The number of pyridine rings is 2. The molecular weight excluding hydrogens is 400 g/mol. The van der Waals surface area contributed by atoms with Gasteiger partial charge in [-0.15, -0.1) is 0 Å². The van der Waals surface area contributed by atoms with Gasteiger partial charge in [0.2, 0.25) is 5.78 Å². The minimum atomic E-state index is -0.236. The van der Waals surface area contributed by atoms with Gasteiger partial charge in [-0.1, -0.05) is 36.4 Å². The van der Waals surface area contributed by atoms with Crippen LogP contribution in [-0.4, -0.2) is 40.4 Å². The summed E-state index contributed by atoms with van der Waals surface area (Å²) in [6.07, 6.45) is 3.49. The normalized spacial score (nSPS) is 16.1. The lowest BCUT2D eigenvalue weighted by Gasteiger charge is -2.35. The molecule has 1 aliphatic heterocycles. The highest BCUT2D eigenvalue weighted by molar-refractivity contribution is 6.11. The van der Waals surface area contributed by atoms with Crippen LogP contribution in [0.4, 0.5) is 11.6 Å². The monoisotopic (exact) mass is 430 g/mol. The summed E-state index contributed by atoms with van der Waals surface area (Å²) in [6.45, 7) is 2.44. The van der Waals surface area contributed by atoms with Crippen LogP contribution in [0.2, 0.25) is 0 Å². The van der Waals surface area contributed by atoms with E-state index in [4.69, 9.17) is 10.7 Å². The largest absolute Gasteiger partial charge is 0.383 e. The molecule has 7 heteroatoms. The molecule has 3 aromatic heterocycles. The van der Waals surface area contributed by atoms with E-state index in [0.29, 0.717) is 11.3 Å². The van der Waals surface area contributed by atoms with Gasteiger partial charge < -0.3 is 20.9 Å². The van der Waals surface area contributed by atoms with E-state index in [-0.39, 0.29) is 21.9 Å². The zero-order valence-electron chi connectivity index (χ0n) is 17.5. The molecule has 7 nitrogen and oxygen atoms in total. The van der Waals surface area contributed by atoms with Crippen LogP contribution in [0.1, 0.15) is 31.9 Å². The Morgan fingerprint density at radius 1 is 1.09 bits per heavy atom. The van der Waals surface area contributed by atoms with Crippen molar-refractivity contribution in [2.45, 2.75) is 6.04 Å². The summed E-state index contributed by atoms with van der Waals surface area (Å²) < 4.78 is 0. The predicted octanol–water partition coefficient (Wildman–Crippen LogP) is 4.17. The van der Waals surface area contributed by atoms with Gasteiger partial charge in [-0.05, 0) is 35.9 Å². The topological polar surface area (TPSA) is 99.9 Å². The summed E-state index contributed by atoms with van der Waals surface area (Å²) in [5, 5.41) is 3.56. The summed E-state index contributed by atoms with van der Waals surface area (Å²) in [4.78, 5) is 27.5. The first kappa shape index (κ1) is 20.0. The van der Waals surface area contributed by atoms with Gasteiger partial charge in [0.25, 0.3) is 0 Å². The molecule has 1 saturated heterocycles. The number of ketones is 1. The molecule has 32 heavy (non-hydrogen) atoms. The number of rotatable bonds is 5. The number of anilines is 2. The number of nitrogens with one attached hydrogen (secondary N) is 2. The minimum Gasteiger partial charge on any atom is -0.383 e. The number of H-pyrrole nitrogens is 1. The fourth-order valence-electron chi connectivity index (χ4n) is 4.04. The number of hydrogen-bond acceptors (Lipinski definition) is 6. The molecule has 0 amide bonds. The van der Waals surface area contributed by atoms with Crippen molar-refractivity contribution >= 4 is 17.4 Å². The Kier molecular flexibility index (Phi) is 5.39. The van der Waals surface area contributed by atoms with Crippen molar-refractivity contribution in [3.63, 3.8) is 0 Å². The van der Waals surface area contributed by atoms with E-state index in [2.05, 4.69) is 32.3 Å². The molecular formula is C25H30N6O. The van der Waals surface area contributed by atoms with Gasteiger partial charge >= 0.3 is 0 Å². The van der Waals surface area contributed by atoms with Gasteiger partial charge in [-0.3, -0.25) is 4.79 Å². The molecule has 5 rings (SSSR count). The van der Waals surface area contributed by atoms with E-state index < -0.39 is 0 Å².